The van der Waals surface area contributed by atoms with Gasteiger partial charge >= 0.3 is 6.36 Å². The second kappa shape index (κ2) is 7.87. The third-order valence-corrected chi connectivity index (χ3v) is 5.28. The fourth-order valence-corrected chi connectivity index (χ4v) is 3.76. The Bertz CT molecular complexity index is 1570. The molecule has 0 aliphatic carbocycles. The van der Waals surface area contributed by atoms with Gasteiger partial charge in [-0.25, -0.2) is 4.52 Å². The zero-order valence-corrected chi connectivity index (χ0v) is 17.9. The van der Waals surface area contributed by atoms with Crippen LogP contribution in [0.4, 0.5) is 13.2 Å². The number of aromatic nitrogens is 5. The number of ether oxygens (including phenoxy) is 2. The Kier molecular flexibility index (Phi) is 4.96. The number of halogens is 3. The van der Waals surface area contributed by atoms with Gasteiger partial charge in [0.2, 0.25) is 0 Å². The van der Waals surface area contributed by atoms with E-state index in [0.29, 0.717) is 28.3 Å². The molecule has 3 heterocycles. The largest absolute Gasteiger partial charge is 0.573 e. The number of nitrogens with zero attached hydrogens (tertiary/aromatic N) is 5. The Hall–Kier alpha value is -4.41. The van der Waals surface area contributed by atoms with E-state index in [2.05, 4.69) is 20.0 Å². The van der Waals surface area contributed by atoms with Gasteiger partial charge in [-0.1, -0.05) is 12.1 Å². The van der Waals surface area contributed by atoms with Crippen LogP contribution < -0.4 is 15.0 Å². The van der Waals surface area contributed by atoms with Crippen molar-refractivity contribution in [3.05, 3.63) is 76.8 Å². The third kappa shape index (κ3) is 3.70. The number of aryl methyl sites for hydroxylation is 1. The van der Waals surface area contributed by atoms with Gasteiger partial charge < -0.3 is 9.47 Å². The van der Waals surface area contributed by atoms with Gasteiger partial charge in [-0.05, 0) is 55.0 Å². The van der Waals surface area contributed by atoms with Crippen molar-refractivity contribution in [2.24, 2.45) is 0 Å². The second-order valence-corrected chi connectivity index (χ2v) is 7.39. The standard InChI is InChI=1S/C23H16F3N5O3/c1-13-19(14-3-7-16(33-2)8-4-14)21-28-27-20-18(31(21)29-13)11-12-30(22(20)32)15-5-9-17(10-6-15)34-23(24,25)26/h3-12H,1-2H3. The lowest BCUT2D eigenvalue weighted by Crippen LogP contribution is -2.20. The van der Waals surface area contributed by atoms with E-state index in [4.69, 9.17) is 4.74 Å². The van der Waals surface area contributed by atoms with E-state index in [1.807, 2.05) is 31.2 Å². The summed E-state index contributed by atoms with van der Waals surface area (Å²) in [6, 6.07) is 14.0. The molecule has 34 heavy (non-hydrogen) atoms. The van der Waals surface area contributed by atoms with Gasteiger partial charge in [-0.3, -0.25) is 9.36 Å². The Morgan fingerprint density at radius 2 is 1.59 bits per heavy atom. The average Bonchev–Trinajstić information content (AvgIpc) is 3.15. The molecule has 11 heteroatoms. The molecule has 0 aliphatic rings. The molecule has 5 aromatic rings. The Balaban J connectivity index is 1.59. The molecule has 0 aliphatic heterocycles. The molecule has 0 saturated carbocycles. The number of hydrogen-bond donors (Lipinski definition) is 0. The van der Waals surface area contributed by atoms with Crippen LogP contribution in [0.25, 0.3) is 33.5 Å². The van der Waals surface area contributed by atoms with E-state index in [1.54, 1.807) is 17.7 Å². The molecule has 172 valence electrons. The van der Waals surface area contributed by atoms with Crippen LogP contribution >= 0.6 is 0 Å². The fourth-order valence-electron chi connectivity index (χ4n) is 3.76. The average molecular weight is 467 g/mol. The van der Waals surface area contributed by atoms with Gasteiger partial charge in [0, 0.05) is 11.9 Å². The predicted octanol–water partition coefficient (Wildman–Crippen LogP) is 4.31. The maximum atomic E-state index is 13.1. The van der Waals surface area contributed by atoms with E-state index in [-0.39, 0.29) is 11.3 Å². The third-order valence-electron chi connectivity index (χ3n) is 5.28. The second-order valence-electron chi connectivity index (χ2n) is 7.39. The maximum absolute atomic E-state index is 13.1. The molecule has 0 unspecified atom stereocenters. The molecule has 2 aromatic carbocycles. The van der Waals surface area contributed by atoms with Crippen LogP contribution in [0.5, 0.6) is 11.5 Å². The molecule has 0 spiro atoms. The van der Waals surface area contributed by atoms with Crippen LogP contribution in [0.15, 0.2) is 65.6 Å². The summed E-state index contributed by atoms with van der Waals surface area (Å²) in [6.45, 7) is 1.84. The number of rotatable bonds is 4. The van der Waals surface area contributed by atoms with Gasteiger partial charge in [0.15, 0.2) is 11.2 Å². The summed E-state index contributed by atoms with van der Waals surface area (Å²) < 4.78 is 49.1. The minimum absolute atomic E-state index is 0.0643. The highest BCUT2D eigenvalue weighted by Gasteiger charge is 2.31. The molecule has 0 bridgehead atoms. The van der Waals surface area contributed by atoms with Gasteiger partial charge in [0.05, 0.1) is 18.4 Å². The molecule has 3 aromatic heterocycles. The van der Waals surface area contributed by atoms with Crippen molar-refractivity contribution >= 4 is 16.7 Å². The molecular weight excluding hydrogens is 451 g/mol. The molecule has 8 nitrogen and oxygen atoms in total. The van der Waals surface area contributed by atoms with Crippen LogP contribution in [0.2, 0.25) is 0 Å². The zero-order valence-electron chi connectivity index (χ0n) is 17.9. The number of fused-ring (bicyclic) bond motifs is 3. The molecule has 0 N–H and O–H groups in total. The van der Waals surface area contributed by atoms with Crippen LogP contribution in [-0.4, -0.2) is 37.9 Å². The molecule has 0 saturated heterocycles. The lowest BCUT2D eigenvalue weighted by atomic mass is 10.1. The summed E-state index contributed by atoms with van der Waals surface area (Å²) in [7, 11) is 1.59. The summed E-state index contributed by atoms with van der Waals surface area (Å²) in [5.41, 5.74) is 3.21. The normalized spacial score (nSPS) is 11.8. The quantitative estimate of drug-likeness (QED) is 0.392. The summed E-state index contributed by atoms with van der Waals surface area (Å²) in [6.07, 6.45) is -3.29. The Labute approximate surface area is 189 Å². The van der Waals surface area contributed by atoms with Crippen LogP contribution in [-0.2, 0) is 0 Å². The highest BCUT2D eigenvalue weighted by Crippen LogP contribution is 2.29. The van der Waals surface area contributed by atoms with Crippen molar-refractivity contribution < 1.29 is 22.6 Å². The maximum Gasteiger partial charge on any atom is 0.573 e. The van der Waals surface area contributed by atoms with Gasteiger partial charge in [0.25, 0.3) is 5.56 Å². The van der Waals surface area contributed by atoms with Gasteiger partial charge in [-0.15, -0.1) is 23.4 Å². The van der Waals surface area contributed by atoms with Crippen molar-refractivity contribution in [1.29, 1.82) is 0 Å². The number of benzene rings is 2. The summed E-state index contributed by atoms with van der Waals surface area (Å²) in [5.74, 6) is 0.331. The van der Waals surface area contributed by atoms with Crippen molar-refractivity contribution in [2.75, 3.05) is 7.11 Å². The molecule has 0 radical (unpaired) electrons. The van der Waals surface area contributed by atoms with E-state index >= 15 is 0 Å². The van der Waals surface area contributed by atoms with Crippen LogP contribution in [0.3, 0.4) is 0 Å². The van der Waals surface area contributed by atoms with Gasteiger partial charge in [0.1, 0.15) is 17.0 Å². The lowest BCUT2D eigenvalue weighted by Gasteiger charge is -2.11. The van der Waals surface area contributed by atoms with Crippen LogP contribution in [0.1, 0.15) is 5.69 Å². The molecule has 5 rings (SSSR count). The van der Waals surface area contributed by atoms with E-state index in [9.17, 15) is 18.0 Å². The molecule has 0 fully saturated rings. The molecule has 0 amide bonds. The number of hydrogen-bond acceptors (Lipinski definition) is 6. The zero-order chi connectivity index (χ0) is 24.0. The SMILES string of the molecule is COc1ccc(-c2c(C)nn3c2nnc2c(=O)n(-c4ccc(OC(F)(F)F)cc4)ccc23)cc1. The van der Waals surface area contributed by atoms with E-state index in [1.165, 1.54) is 22.9 Å². The van der Waals surface area contributed by atoms with E-state index < -0.39 is 11.9 Å². The summed E-state index contributed by atoms with van der Waals surface area (Å²) in [4.78, 5) is 13.1. The fraction of sp³-hybridized carbons (Fsp3) is 0.130. The highest BCUT2D eigenvalue weighted by molar-refractivity contribution is 5.84. The number of pyridine rings is 1. The predicted molar refractivity (Wildman–Crippen MR) is 117 cm³/mol. The first kappa shape index (κ1) is 21.4. The van der Waals surface area contributed by atoms with Crippen molar-refractivity contribution in [2.45, 2.75) is 13.3 Å². The highest BCUT2D eigenvalue weighted by atomic mass is 19.4. The van der Waals surface area contributed by atoms with E-state index in [0.717, 1.165) is 23.3 Å². The Morgan fingerprint density at radius 1 is 0.912 bits per heavy atom. The van der Waals surface area contributed by atoms with Crippen molar-refractivity contribution in [3.8, 4) is 28.3 Å². The first-order valence-corrected chi connectivity index (χ1v) is 10.0. The smallest absolute Gasteiger partial charge is 0.497 e. The monoisotopic (exact) mass is 467 g/mol. The first-order chi connectivity index (χ1) is 16.2. The topological polar surface area (TPSA) is 83.5 Å². The summed E-state index contributed by atoms with van der Waals surface area (Å²) >= 11 is 0. The van der Waals surface area contributed by atoms with Crippen molar-refractivity contribution in [3.63, 3.8) is 0 Å². The van der Waals surface area contributed by atoms with Crippen LogP contribution in [0, 0.1) is 6.92 Å². The summed E-state index contributed by atoms with van der Waals surface area (Å²) in [5, 5.41) is 13.0. The molecule has 0 atom stereocenters. The first-order valence-electron chi connectivity index (χ1n) is 10.0. The molecular formula is C23H16F3N5O3. The van der Waals surface area contributed by atoms with Crippen molar-refractivity contribution in [1.82, 2.24) is 24.4 Å². The minimum Gasteiger partial charge on any atom is -0.497 e. The number of alkyl halides is 3. The Morgan fingerprint density at radius 3 is 2.24 bits per heavy atom. The number of methoxy groups -OCH3 is 1. The minimum atomic E-state index is -4.80. The van der Waals surface area contributed by atoms with Gasteiger partial charge in [-0.2, -0.15) is 5.10 Å². The lowest BCUT2D eigenvalue weighted by molar-refractivity contribution is -0.274.